The molecular weight excluding hydrogens is 425 g/mol. The lowest BCUT2D eigenvalue weighted by Crippen LogP contribution is -2.34. The summed E-state index contributed by atoms with van der Waals surface area (Å²) in [5.74, 6) is -3.93. The van der Waals surface area contributed by atoms with Crippen molar-refractivity contribution < 1.29 is 27.1 Å². The Morgan fingerprint density at radius 3 is 2.64 bits per heavy atom. The van der Waals surface area contributed by atoms with Crippen LogP contribution < -0.4 is 15.4 Å². The van der Waals surface area contributed by atoms with Crippen molar-refractivity contribution in [2.45, 2.75) is 38.5 Å². The van der Waals surface area contributed by atoms with Crippen LogP contribution in [0.1, 0.15) is 26.2 Å². The Morgan fingerprint density at radius 2 is 2.11 bits per heavy atom. The number of hydrogen-bond donors (Lipinski definition) is 2. The van der Waals surface area contributed by atoms with E-state index in [1.54, 1.807) is 0 Å². The number of pyridine rings is 1. The van der Waals surface area contributed by atoms with Gasteiger partial charge in [-0.1, -0.05) is 6.92 Å². The number of anilines is 1. The van der Waals surface area contributed by atoms with E-state index in [9.17, 15) is 22.4 Å². The zero-order chi connectivity index (χ0) is 19.2. The van der Waals surface area contributed by atoms with Crippen LogP contribution in [0.2, 0.25) is 0 Å². The van der Waals surface area contributed by atoms with Crippen molar-refractivity contribution in [1.82, 2.24) is 10.3 Å². The summed E-state index contributed by atoms with van der Waals surface area (Å²) in [6, 6.07) is 2.67. The molecule has 0 saturated carbocycles. The van der Waals surface area contributed by atoms with Crippen LogP contribution in [0, 0.1) is 11.8 Å². The molecule has 162 valence electrons. The van der Waals surface area contributed by atoms with Crippen LogP contribution in [0.3, 0.4) is 0 Å². The molecule has 0 bridgehead atoms. The van der Waals surface area contributed by atoms with Crippen LogP contribution in [-0.2, 0) is 4.79 Å². The van der Waals surface area contributed by atoms with Crippen LogP contribution in [0.15, 0.2) is 18.3 Å². The first-order valence-corrected chi connectivity index (χ1v) is 8.53. The van der Waals surface area contributed by atoms with Gasteiger partial charge in [-0.25, -0.2) is 13.8 Å². The molecule has 0 spiro atoms. The molecule has 0 radical (unpaired) electrons. The average molecular weight is 450 g/mol. The quantitative estimate of drug-likeness (QED) is 0.584. The van der Waals surface area contributed by atoms with Crippen molar-refractivity contribution in [3.63, 3.8) is 0 Å². The Balaban J connectivity index is 0.00000364. The number of piperidine rings is 1. The standard InChI is InChI=1S/C17H23F4N3O2.2ClH/c1-11(12-3-2-6-22-8-12)7-14(25)24-13-4-5-15(23-9-13)26-10-17(20,21)16(18)19;;/h4-5,9,11-12,16,22H,2-3,6-8,10H2,1H3,(H,24,25);2*1H. The normalized spacial score (nSPS) is 17.9. The number of nitrogens with one attached hydrogen (secondary N) is 2. The maximum absolute atomic E-state index is 12.8. The second-order valence-corrected chi connectivity index (χ2v) is 6.57. The van der Waals surface area contributed by atoms with Gasteiger partial charge in [0.2, 0.25) is 11.8 Å². The number of nitrogens with zero attached hydrogens (tertiary/aromatic N) is 1. The third-order valence-corrected chi connectivity index (χ3v) is 4.40. The zero-order valence-electron chi connectivity index (χ0n) is 15.3. The molecule has 1 saturated heterocycles. The Hall–Kier alpha value is -1.32. The molecule has 28 heavy (non-hydrogen) atoms. The average Bonchev–Trinajstić information content (AvgIpc) is 2.61. The summed E-state index contributed by atoms with van der Waals surface area (Å²) in [6.07, 6.45) is -0.00104. The molecule has 2 atom stereocenters. The van der Waals surface area contributed by atoms with Crippen LogP contribution in [0.25, 0.3) is 0 Å². The Bertz CT molecular complexity index is 588. The van der Waals surface area contributed by atoms with E-state index in [0.717, 1.165) is 25.9 Å². The number of aromatic nitrogens is 1. The van der Waals surface area contributed by atoms with Gasteiger partial charge < -0.3 is 15.4 Å². The summed E-state index contributed by atoms with van der Waals surface area (Å²) in [5.41, 5.74) is 0.386. The van der Waals surface area contributed by atoms with Gasteiger partial charge in [0, 0.05) is 12.5 Å². The molecule has 2 heterocycles. The van der Waals surface area contributed by atoms with Gasteiger partial charge in [0.1, 0.15) is 0 Å². The molecule has 2 N–H and O–H groups in total. The van der Waals surface area contributed by atoms with E-state index in [2.05, 4.69) is 20.4 Å². The van der Waals surface area contributed by atoms with E-state index in [1.807, 2.05) is 6.92 Å². The minimum absolute atomic E-state index is 0. The highest BCUT2D eigenvalue weighted by Gasteiger charge is 2.41. The van der Waals surface area contributed by atoms with Crippen LogP contribution in [-0.4, -0.2) is 42.9 Å². The molecule has 1 aromatic heterocycles. The van der Waals surface area contributed by atoms with E-state index >= 15 is 0 Å². The Kier molecular flexibility index (Phi) is 11.7. The van der Waals surface area contributed by atoms with Gasteiger partial charge >= 0.3 is 12.3 Å². The van der Waals surface area contributed by atoms with E-state index in [1.165, 1.54) is 18.3 Å². The number of alkyl halides is 4. The highest BCUT2D eigenvalue weighted by molar-refractivity contribution is 5.90. The van der Waals surface area contributed by atoms with E-state index in [4.69, 9.17) is 0 Å². The summed E-state index contributed by atoms with van der Waals surface area (Å²) >= 11 is 0. The highest BCUT2D eigenvalue weighted by atomic mass is 35.5. The molecule has 1 fully saturated rings. The molecule has 1 aliphatic heterocycles. The minimum atomic E-state index is -4.24. The first kappa shape index (κ1) is 26.7. The fourth-order valence-corrected chi connectivity index (χ4v) is 2.81. The van der Waals surface area contributed by atoms with Gasteiger partial charge in [-0.05, 0) is 43.8 Å². The summed E-state index contributed by atoms with van der Waals surface area (Å²) < 4.78 is 54.3. The summed E-state index contributed by atoms with van der Waals surface area (Å²) in [4.78, 5) is 15.8. The Morgan fingerprint density at radius 1 is 1.39 bits per heavy atom. The fourth-order valence-electron chi connectivity index (χ4n) is 2.81. The maximum Gasteiger partial charge on any atom is 0.340 e. The number of rotatable bonds is 8. The third-order valence-electron chi connectivity index (χ3n) is 4.40. The molecule has 11 heteroatoms. The van der Waals surface area contributed by atoms with Crippen LogP contribution >= 0.6 is 24.8 Å². The van der Waals surface area contributed by atoms with Gasteiger partial charge in [0.25, 0.3) is 0 Å². The second kappa shape index (κ2) is 12.3. The van der Waals surface area contributed by atoms with Crippen LogP contribution in [0.5, 0.6) is 5.88 Å². The van der Waals surface area contributed by atoms with Gasteiger partial charge in [0.15, 0.2) is 6.61 Å². The molecule has 5 nitrogen and oxygen atoms in total. The smallest absolute Gasteiger partial charge is 0.340 e. The first-order chi connectivity index (χ1) is 12.3. The lowest BCUT2D eigenvalue weighted by molar-refractivity contribution is -0.148. The molecule has 0 aromatic carbocycles. The second-order valence-electron chi connectivity index (χ2n) is 6.57. The van der Waals surface area contributed by atoms with E-state index < -0.39 is 19.0 Å². The molecule has 1 aliphatic rings. The molecular formula is C17H25Cl2F4N3O2. The monoisotopic (exact) mass is 449 g/mol. The number of carbonyl (C=O) groups is 1. The topological polar surface area (TPSA) is 63.2 Å². The molecule has 1 amide bonds. The fraction of sp³-hybridized carbons (Fsp3) is 0.647. The maximum atomic E-state index is 12.8. The highest BCUT2D eigenvalue weighted by Crippen LogP contribution is 2.25. The summed E-state index contributed by atoms with van der Waals surface area (Å²) in [6.45, 7) is 2.50. The lowest BCUT2D eigenvalue weighted by atomic mass is 9.85. The molecule has 2 rings (SSSR count). The van der Waals surface area contributed by atoms with Crippen LogP contribution in [0.4, 0.5) is 23.2 Å². The molecule has 2 unspecified atom stereocenters. The number of carbonyl (C=O) groups excluding carboxylic acids is 1. The van der Waals surface area contributed by atoms with Gasteiger partial charge in [-0.3, -0.25) is 4.79 Å². The van der Waals surface area contributed by atoms with Crippen molar-refractivity contribution in [3.05, 3.63) is 18.3 Å². The predicted octanol–water partition coefficient (Wildman–Crippen LogP) is 4.17. The van der Waals surface area contributed by atoms with E-state index in [-0.39, 0.29) is 42.5 Å². The van der Waals surface area contributed by atoms with Crippen molar-refractivity contribution in [3.8, 4) is 5.88 Å². The largest absolute Gasteiger partial charge is 0.471 e. The summed E-state index contributed by atoms with van der Waals surface area (Å²) in [7, 11) is 0. The third kappa shape index (κ3) is 8.36. The first-order valence-electron chi connectivity index (χ1n) is 8.53. The minimum Gasteiger partial charge on any atom is -0.471 e. The number of amides is 1. The van der Waals surface area contributed by atoms with Crippen molar-refractivity contribution in [1.29, 1.82) is 0 Å². The van der Waals surface area contributed by atoms with E-state index in [0.29, 0.717) is 18.0 Å². The predicted molar refractivity (Wildman–Crippen MR) is 103 cm³/mol. The van der Waals surface area contributed by atoms with Gasteiger partial charge in [0.05, 0.1) is 11.9 Å². The lowest BCUT2D eigenvalue weighted by Gasteiger charge is -2.28. The number of ether oxygens (including phenoxy) is 1. The van der Waals surface area contributed by atoms with Gasteiger partial charge in [-0.2, -0.15) is 8.78 Å². The van der Waals surface area contributed by atoms with Crippen molar-refractivity contribution in [2.24, 2.45) is 11.8 Å². The number of halogens is 6. The molecule has 0 aliphatic carbocycles. The van der Waals surface area contributed by atoms with Gasteiger partial charge in [-0.15, -0.1) is 24.8 Å². The van der Waals surface area contributed by atoms with Crippen molar-refractivity contribution in [2.75, 3.05) is 25.0 Å². The summed E-state index contributed by atoms with van der Waals surface area (Å²) in [5, 5.41) is 6.00. The van der Waals surface area contributed by atoms with Crippen molar-refractivity contribution >= 4 is 36.4 Å². The Labute approximate surface area is 173 Å². The SMILES string of the molecule is CC(CC(=O)Nc1ccc(OCC(F)(F)C(F)F)nc1)C1CCCNC1.Cl.Cl. The molecule has 1 aromatic rings. The zero-order valence-corrected chi connectivity index (χ0v) is 16.9. The number of hydrogen-bond acceptors (Lipinski definition) is 4.